The van der Waals surface area contributed by atoms with E-state index in [0.29, 0.717) is 0 Å². The number of hydrogen-bond donors (Lipinski definition) is 0. The third kappa shape index (κ3) is 1.67. The number of aromatic nitrogens is 3. The van der Waals surface area contributed by atoms with E-state index >= 15 is 0 Å². The summed E-state index contributed by atoms with van der Waals surface area (Å²) in [6.07, 6.45) is 0. The molecule has 0 atom stereocenters. The molecule has 0 bridgehead atoms. The summed E-state index contributed by atoms with van der Waals surface area (Å²) in [6.45, 7) is 6.16. The molecule has 24 heavy (non-hydrogen) atoms. The number of para-hydroxylation sites is 1. The van der Waals surface area contributed by atoms with Gasteiger partial charge in [0.1, 0.15) is 11.5 Å². The first-order chi connectivity index (χ1) is 11.6. The van der Waals surface area contributed by atoms with E-state index in [1.165, 1.54) is 32.8 Å². The predicted molar refractivity (Wildman–Crippen MR) is 99.7 cm³/mol. The summed E-state index contributed by atoms with van der Waals surface area (Å²) >= 11 is 0. The molecule has 0 N–H and O–H groups in total. The van der Waals surface area contributed by atoms with Crippen LogP contribution in [0.25, 0.3) is 38.2 Å². The van der Waals surface area contributed by atoms with E-state index in [2.05, 4.69) is 71.8 Å². The molecule has 0 saturated heterocycles. The highest BCUT2D eigenvalue weighted by Gasteiger charge is 2.14. The van der Waals surface area contributed by atoms with Gasteiger partial charge in [-0.05, 0) is 38.3 Å². The molecule has 0 fully saturated rings. The second-order valence-electron chi connectivity index (χ2n) is 6.52. The molecular formula is C21H17N3. The second kappa shape index (κ2) is 4.54. The Morgan fingerprint density at radius 1 is 0.708 bits per heavy atom. The molecule has 0 aliphatic carbocycles. The van der Waals surface area contributed by atoms with Crippen molar-refractivity contribution in [3.8, 4) is 0 Å². The lowest BCUT2D eigenvalue weighted by Gasteiger charge is -2.10. The molecule has 0 unspecified atom stereocenters. The number of fused-ring (bicyclic) bond motifs is 8. The van der Waals surface area contributed by atoms with E-state index in [9.17, 15) is 0 Å². The Hall–Kier alpha value is -2.94. The molecule has 0 radical (unpaired) electrons. The summed E-state index contributed by atoms with van der Waals surface area (Å²) in [7, 11) is 0. The Morgan fingerprint density at radius 2 is 1.50 bits per heavy atom. The maximum atomic E-state index is 4.75. The maximum Gasteiger partial charge on any atom is 0.148 e. The monoisotopic (exact) mass is 311 g/mol. The first-order valence-corrected chi connectivity index (χ1v) is 8.21. The first kappa shape index (κ1) is 13.5. The molecule has 116 valence electrons. The predicted octanol–water partition coefficient (Wildman–Crippen LogP) is 5.11. The highest BCUT2D eigenvalue weighted by Crippen LogP contribution is 2.34. The molecule has 3 aromatic heterocycles. The quantitative estimate of drug-likeness (QED) is 0.372. The minimum Gasteiger partial charge on any atom is -0.293 e. The van der Waals surface area contributed by atoms with Crippen molar-refractivity contribution in [3.05, 3.63) is 65.6 Å². The van der Waals surface area contributed by atoms with Crippen LogP contribution in [0, 0.1) is 20.8 Å². The van der Waals surface area contributed by atoms with Gasteiger partial charge in [0, 0.05) is 16.2 Å². The number of aryl methyl sites for hydroxylation is 3. The number of hydrogen-bond acceptors (Lipinski definition) is 2. The van der Waals surface area contributed by atoms with Crippen LogP contribution in [0.2, 0.25) is 0 Å². The SMILES string of the molecule is Cc1ccc2c(c1)c1ccccc1n1c2cc2c(C)nc(C)nc21. The molecule has 0 aliphatic rings. The lowest BCUT2D eigenvalue weighted by atomic mass is 10.0. The number of nitrogens with zero attached hydrogens (tertiary/aromatic N) is 3. The fraction of sp³-hybridized carbons (Fsp3) is 0.143. The lowest BCUT2D eigenvalue weighted by Crippen LogP contribution is -1.96. The van der Waals surface area contributed by atoms with Crippen molar-refractivity contribution in [2.75, 3.05) is 0 Å². The van der Waals surface area contributed by atoms with Crippen molar-refractivity contribution in [1.82, 2.24) is 14.4 Å². The van der Waals surface area contributed by atoms with Crippen molar-refractivity contribution < 1.29 is 0 Å². The van der Waals surface area contributed by atoms with Gasteiger partial charge in [0.25, 0.3) is 0 Å². The summed E-state index contributed by atoms with van der Waals surface area (Å²) in [5, 5.41) is 4.94. The van der Waals surface area contributed by atoms with Crippen LogP contribution in [0.3, 0.4) is 0 Å². The van der Waals surface area contributed by atoms with E-state index in [1.54, 1.807) is 0 Å². The van der Waals surface area contributed by atoms with Gasteiger partial charge in [0.2, 0.25) is 0 Å². The van der Waals surface area contributed by atoms with E-state index < -0.39 is 0 Å². The van der Waals surface area contributed by atoms with E-state index in [4.69, 9.17) is 4.98 Å². The Balaban J connectivity index is 2.20. The van der Waals surface area contributed by atoms with Crippen LogP contribution in [0.4, 0.5) is 0 Å². The molecular weight excluding hydrogens is 294 g/mol. The Morgan fingerprint density at radius 3 is 2.38 bits per heavy atom. The highest BCUT2D eigenvalue weighted by atomic mass is 15.0. The van der Waals surface area contributed by atoms with E-state index in [1.807, 2.05) is 6.92 Å². The average molecular weight is 311 g/mol. The van der Waals surface area contributed by atoms with Crippen LogP contribution in [0.15, 0.2) is 48.5 Å². The summed E-state index contributed by atoms with van der Waals surface area (Å²) in [6, 6.07) is 17.5. The first-order valence-electron chi connectivity index (χ1n) is 8.21. The van der Waals surface area contributed by atoms with Crippen molar-refractivity contribution in [2.24, 2.45) is 0 Å². The average Bonchev–Trinajstić information content (AvgIpc) is 2.95. The standard InChI is InChI=1S/C21H17N3/c1-12-8-9-16-18(10-12)15-6-4-5-7-19(15)24-20(16)11-17-13(2)22-14(3)23-21(17)24/h4-11H,1-3H3. The number of benzene rings is 2. The van der Waals surface area contributed by atoms with Crippen molar-refractivity contribution in [2.45, 2.75) is 20.8 Å². The van der Waals surface area contributed by atoms with Crippen molar-refractivity contribution in [3.63, 3.8) is 0 Å². The zero-order chi connectivity index (χ0) is 16.4. The van der Waals surface area contributed by atoms with Crippen LogP contribution in [-0.4, -0.2) is 14.4 Å². The van der Waals surface area contributed by atoms with Crippen molar-refractivity contribution >= 4 is 38.2 Å². The second-order valence-corrected chi connectivity index (χ2v) is 6.52. The van der Waals surface area contributed by atoms with E-state index in [-0.39, 0.29) is 0 Å². The normalized spacial score (nSPS) is 12.0. The van der Waals surface area contributed by atoms with E-state index in [0.717, 1.165) is 22.6 Å². The van der Waals surface area contributed by atoms with Crippen LogP contribution in [-0.2, 0) is 0 Å². The van der Waals surface area contributed by atoms with Gasteiger partial charge in [-0.15, -0.1) is 0 Å². The van der Waals surface area contributed by atoms with Gasteiger partial charge >= 0.3 is 0 Å². The summed E-state index contributed by atoms with van der Waals surface area (Å²) in [5.74, 6) is 0.813. The molecule has 5 aromatic rings. The van der Waals surface area contributed by atoms with Gasteiger partial charge in [-0.3, -0.25) is 4.40 Å². The highest BCUT2D eigenvalue weighted by molar-refractivity contribution is 6.15. The molecule has 2 aromatic carbocycles. The van der Waals surface area contributed by atoms with Crippen LogP contribution >= 0.6 is 0 Å². The van der Waals surface area contributed by atoms with Gasteiger partial charge in [-0.2, -0.15) is 0 Å². The van der Waals surface area contributed by atoms with Gasteiger partial charge in [0.15, 0.2) is 0 Å². The fourth-order valence-electron chi connectivity index (χ4n) is 3.80. The summed E-state index contributed by atoms with van der Waals surface area (Å²) < 4.78 is 2.28. The summed E-state index contributed by atoms with van der Waals surface area (Å²) in [4.78, 5) is 9.30. The minimum atomic E-state index is 0.813. The third-order valence-electron chi connectivity index (χ3n) is 4.85. The minimum absolute atomic E-state index is 0.813. The Kier molecular flexibility index (Phi) is 2.55. The molecule has 3 nitrogen and oxygen atoms in total. The van der Waals surface area contributed by atoms with Crippen molar-refractivity contribution in [1.29, 1.82) is 0 Å². The largest absolute Gasteiger partial charge is 0.293 e. The molecule has 0 spiro atoms. The summed E-state index contributed by atoms with van der Waals surface area (Å²) in [5.41, 5.74) is 5.69. The zero-order valence-electron chi connectivity index (χ0n) is 14.0. The fourth-order valence-corrected chi connectivity index (χ4v) is 3.80. The van der Waals surface area contributed by atoms with Crippen LogP contribution in [0.5, 0.6) is 0 Å². The Bertz CT molecular complexity index is 1280. The molecule has 5 rings (SSSR count). The third-order valence-corrected chi connectivity index (χ3v) is 4.85. The Labute approximate surface area is 139 Å². The van der Waals surface area contributed by atoms with Gasteiger partial charge < -0.3 is 0 Å². The maximum absolute atomic E-state index is 4.75. The molecule has 0 amide bonds. The van der Waals surface area contributed by atoms with Gasteiger partial charge in [-0.25, -0.2) is 9.97 Å². The molecule has 3 heterocycles. The van der Waals surface area contributed by atoms with Gasteiger partial charge in [-0.1, -0.05) is 42.0 Å². The van der Waals surface area contributed by atoms with Gasteiger partial charge in [0.05, 0.1) is 16.7 Å². The topological polar surface area (TPSA) is 30.2 Å². The molecule has 3 heteroatoms. The number of rotatable bonds is 0. The molecule has 0 saturated carbocycles. The number of pyridine rings is 1. The zero-order valence-corrected chi connectivity index (χ0v) is 14.0. The lowest BCUT2D eigenvalue weighted by molar-refractivity contribution is 1.04. The molecule has 0 aliphatic heterocycles. The smallest absolute Gasteiger partial charge is 0.148 e. The van der Waals surface area contributed by atoms with Crippen LogP contribution in [0.1, 0.15) is 17.1 Å². The van der Waals surface area contributed by atoms with Crippen LogP contribution < -0.4 is 0 Å².